The molecule has 1 aliphatic rings. The van der Waals surface area contributed by atoms with Crippen LogP contribution in [0.1, 0.15) is 0 Å². The molecule has 2 atom stereocenters. The molecule has 0 saturated carbocycles. The molecule has 0 radical (unpaired) electrons. The van der Waals surface area contributed by atoms with Crippen molar-refractivity contribution in [1.82, 2.24) is 4.90 Å². The third-order valence-corrected chi connectivity index (χ3v) is 2.22. The summed E-state index contributed by atoms with van der Waals surface area (Å²) in [4.78, 5) is 11.9. The highest BCUT2D eigenvalue weighted by Crippen LogP contribution is 2.32. The van der Waals surface area contributed by atoms with Gasteiger partial charge in [0.05, 0.1) is 13.0 Å². The van der Waals surface area contributed by atoms with Gasteiger partial charge in [-0.3, -0.25) is 0 Å². The van der Waals surface area contributed by atoms with Gasteiger partial charge in [-0.25, -0.2) is 4.79 Å². The van der Waals surface area contributed by atoms with Gasteiger partial charge in [0.2, 0.25) is 0 Å². The smallest absolute Gasteiger partial charge is 0.409 e. The molecule has 1 rings (SSSR count). The molecular formula is C7H11F3N2O2. The lowest BCUT2D eigenvalue weighted by atomic mass is 10.1. The molecule has 1 heterocycles. The van der Waals surface area contributed by atoms with Gasteiger partial charge in [0.25, 0.3) is 0 Å². The van der Waals surface area contributed by atoms with Crippen molar-refractivity contribution in [2.75, 3.05) is 20.2 Å². The quantitative estimate of drug-likeness (QED) is 0.638. The zero-order valence-corrected chi connectivity index (χ0v) is 7.54. The van der Waals surface area contributed by atoms with Crippen LogP contribution in [0, 0.1) is 5.92 Å². The van der Waals surface area contributed by atoms with Crippen molar-refractivity contribution in [1.29, 1.82) is 0 Å². The molecule has 0 aliphatic carbocycles. The highest BCUT2D eigenvalue weighted by atomic mass is 19.4. The van der Waals surface area contributed by atoms with Crippen LogP contribution in [0.4, 0.5) is 18.0 Å². The Morgan fingerprint density at radius 1 is 1.50 bits per heavy atom. The molecule has 0 spiro atoms. The molecular weight excluding hydrogens is 201 g/mol. The van der Waals surface area contributed by atoms with Gasteiger partial charge in [0.15, 0.2) is 0 Å². The number of halogens is 3. The third-order valence-electron chi connectivity index (χ3n) is 2.22. The van der Waals surface area contributed by atoms with Crippen molar-refractivity contribution in [3.05, 3.63) is 0 Å². The van der Waals surface area contributed by atoms with Crippen LogP contribution < -0.4 is 5.73 Å². The van der Waals surface area contributed by atoms with Crippen LogP contribution in [0.25, 0.3) is 0 Å². The first-order chi connectivity index (χ1) is 6.36. The molecule has 2 N–H and O–H groups in total. The van der Waals surface area contributed by atoms with E-state index < -0.39 is 30.8 Å². The number of hydrogen-bond acceptors (Lipinski definition) is 3. The summed E-state index contributed by atoms with van der Waals surface area (Å²) < 4.78 is 41.2. The molecule has 82 valence electrons. The van der Waals surface area contributed by atoms with Gasteiger partial charge in [-0.1, -0.05) is 0 Å². The Kier molecular flexibility index (Phi) is 2.89. The maximum Gasteiger partial charge on any atom is 0.409 e. The number of carbonyl (C=O) groups excluding carboxylic acids is 1. The first kappa shape index (κ1) is 11.1. The second-order valence-corrected chi connectivity index (χ2v) is 3.19. The Hall–Kier alpha value is -0.980. The van der Waals surface area contributed by atoms with Crippen molar-refractivity contribution in [2.24, 2.45) is 11.7 Å². The zero-order chi connectivity index (χ0) is 10.9. The lowest BCUT2D eigenvalue weighted by molar-refractivity contribution is -0.173. The van der Waals surface area contributed by atoms with E-state index in [1.165, 1.54) is 0 Å². The summed E-state index contributed by atoms with van der Waals surface area (Å²) in [5.41, 5.74) is 5.28. The van der Waals surface area contributed by atoms with Gasteiger partial charge in [0.1, 0.15) is 0 Å². The summed E-state index contributed by atoms with van der Waals surface area (Å²) in [6.07, 6.45) is -5.13. The Morgan fingerprint density at radius 2 is 2.07 bits per heavy atom. The summed E-state index contributed by atoms with van der Waals surface area (Å²) in [5.74, 6) is -1.65. The molecule has 0 aromatic carbocycles. The number of amides is 1. The summed E-state index contributed by atoms with van der Waals surface area (Å²) in [7, 11) is 1.12. The maximum absolute atomic E-state index is 12.3. The number of carbonyl (C=O) groups is 1. The summed E-state index contributed by atoms with van der Waals surface area (Å²) in [5, 5.41) is 0. The molecule has 0 bridgehead atoms. The van der Waals surface area contributed by atoms with E-state index in [1.54, 1.807) is 0 Å². The van der Waals surface area contributed by atoms with E-state index in [-0.39, 0.29) is 6.54 Å². The molecule has 7 heteroatoms. The van der Waals surface area contributed by atoms with Crippen molar-refractivity contribution in [3.8, 4) is 0 Å². The molecule has 1 aliphatic heterocycles. The first-order valence-corrected chi connectivity index (χ1v) is 4.01. The largest absolute Gasteiger partial charge is 0.453 e. The first-order valence-electron chi connectivity index (χ1n) is 4.01. The van der Waals surface area contributed by atoms with Crippen molar-refractivity contribution in [3.63, 3.8) is 0 Å². The van der Waals surface area contributed by atoms with Gasteiger partial charge in [-0.05, 0) is 0 Å². The number of nitrogens with two attached hydrogens (primary N) is 1. The molecule has 4 nitrogen and oxygen atoms in total. The second kappa shape index (κ2) is 3.64. The van der Waals surface area contributed by atoms with Crippen LogP contribution in [0.15, 0.2) is 0 Å². The van der Waals surface area contributed by atoms with Gasteiger partial charge in [0, 0.05) is 19.1 Å². The lowest BCUT2D eigenvalue weighted by Crippen LogP contribution is -2.38. The van der Waals surface area contributed by atoms with Crippen LogP contribution in [0.5, 0.6) is 0 Å². The molecule has 2 unspecified atom stereocenters. The fourth-order valence-electron chi connectivity index (χ4n) is 1.45. The van der Waals surface area contributed by atoms with Gasteiger partial charge in [-0.15, -0.1) is 0 Å². The normalized spacial score (nSPS) is 27.9. The standard InChI is InChI=1S/C7H11F3N2O2/c1-14-6(13)12-2-4(5(11)3-12)7(8,9)10/h4-5H,2-3,11H2,1H3. The molecule has 0 aromatic heterocycles. The Balaban J connectivity index is 2.65. The fourth-order valence-corrected chi connectivity index (χ4v) is 1.45. The summed E-state index contributed by atoms with van der Waals surface area (Å²) in [6, 6.07) is -1.06. The number of alkyl halides is 3. The number of ether oxygens (including phenoxy) is 1. The molecule has 14 heavy (non-hydrogen) atoms. The van der Waals surface area contributed by atoms with E-state index in [1.807, 2.05) is 0 Å². The van der Waals surface area contributed by atoms with E-state index in [4.69, 9.17) is 5.73 Å². The van der Waals surface area contributed by atoms with Crippen molar-refractivity contribution >= 4 is 6.09 Å². The van der Waals surface area contributed by atoms with E-state index >= 15 is 0 Å². The summed E-state index contributed by atoms with van der Waals surface area (Å²) >= 11 is 0. The Morgan fingerprint density at radius 3 is 2.43 bits per heavy atom. The molecule has 1 amide bonds. The maximum atomic E-state index is 12.3. The van der Waals surface area contributed by atoms with Crippen molar-refractivity contribution < 1.29 is 22.7 Å². The monoisotopic (exact) mass is 212 g/mol. The minimum Gasteiger partial charge on any atom is -0.453 e. The zero-order valence-electron chi connectivity index (χ0n) is 7.54. The van der Waals surface area contributed by atoms with E-state index in [9.17, 15) is 18.0 Å². The SMILES string of the molecule is COC(=O)N1CC(N)C(C(F)(F)F)C1. The molecule has 0 aromatic rings. The predicted molar refractivity (Wildman–Crippen MR) is 41.5 cm³/mol. The third kappa shape index (κ3) is 2.09. The van der Waals surface area contributed by atoms with E-state index in [2.05, 4.69) is 4.74 Å². The minimum absolute atomic E-state index is 0.114. The number of methoxy groups -OCH3 is 1. The van der Waals surface area contributed by atoms with Crippen LogP contribution in [-0.4, -0.2) is 43.4 Å². The number of hydrogen-bond donors (Lipinski definition) is 1. The number of rotatable bonds is 0. The van der Waals surface area contributed by atoms with Gasteiger partial charge < -0.3 is 15.4 Å². The molecule has 1 saturated heterocycles. The highest BCUT2D eigenvalue weighted by Gasteiger charge is 2.49. The molecule has 1 fully saturated rings. The van der Waals surface area contributed by atoms with E-state index in [0.717, 1.165) is 12.0 Å². The Bertz CT molecular complexity index is 231. The summed E-state index contributed by atoms with van der Waals surface area (Å²) in [6.45, 7) is -0.534. The fraction of sp³-hybridized carbons (Fsp3) is 0.857. The number of likely N-dealkylation sites (tertiary alicyclic amines) is 1. The highest BCUT2D eigenvalue weighted by molar-refractivity contribution is 5.67. The van der Waals surface area contributed by atoms with Gasteiger partial charge >= 0.3 is 12.3 Å². The predicted octanol–water partition coefficient (Wildman–Crippen LogP) is 0.574. The minimum atomic E-state index is -4.36. The number of nitrogens with zero attached hydrogens (tertiary/aromatic N) is 1. The van der Waals surface area contributed by atoms with Gasteiger partial charge in [-0.2, -0.15) is 13.2 Å². The van der Waals surface area contributed by atoms with Crippen LogP contribution in [-0.2, 0) is 4.74 Å². The topological polar surface area (TPSA) is 55.6 Å². The van der Waals surface area contributed by atoms with Crippen LogP contribution in [0.2, 0.25) is 0 Å². The van der Waals surface area contributed by atoms with E-state index in [0.29, 0.717) is 0 Å². The Labute approximate surface area is 78.8 Å². The lowest BCUT2D eigenvalue weighted by Gasteiger charge is -2.17. The second-order valence-electron chi connectivity index (χ2n) is 3.19. The average Bonchev–Trinajstić information content (AvgIpc) is 2.45. The van der Waals surface area contributed by atoms with Crippen LogP contribution >= 0.6 is 0 Å². The van der Waals surface area contributed by atoms with Crippen LogP contribution in [0.3, 0.4) is 0 Å². The average molecular weight is 212 g/mol. The van der Waals surface area contributed by atoms with Crippen molar-refractivity contribution in [2.45, 2.75) is 12.2 Å².